The van der Waals surface area contributed by atoms with Gasteiger partial charge in [-0.05, 0) is 42.2 Å². The Hall–Kier alpha value is -2.62. The zero-order valence-corrected chi connectivity index (χ0v) is 19.6. The minimum Gasteiger partial charge on any atom is -0.365 e. The third-order valence-electron chi connectivity index (χ3n) is 5.79. The first kappa shape index (κ1) is 24.5. The van der Waals surface area contributed by atoms with E-state index in [-0.39, 0.29) is 22.3 Å². The van der Waals surface area contributed by atoms with Crippen molar-refractivity contribution < 1.29 is 26.4 Å². The highest BCUT2D eigenvalue weighted by Gasteiger charge is 2.33. The predicted octanol–water partition coefficient (Wildman–Crippen LogP) is 5.35. The Balaban J connectivity index is 1.47. The van der Waals surface area contributed by atoms with Gasteiger partial charge >= 0.3 is 6.18 Å². The van der Waals surface area contributed by atoms with Crippen molar-refractivity contribution >= 4 is 27.4 Å². The number of Topliss-reactive ketones (excluding diaryl/α,β-unsaturated/α-hetero) is 1. The van der Waals surface area contributed by atoms with Crippen LogP contribution in [0, 0.1) is 0 Å². The molecule has 0 bridgehead atoms. The van der Waals surface area contributed by atoms with Crippen LogP contribution in [-0.2, 0) is 16.2 Å². The lowest BCUT2D eigenvalue weighted by molar-refractivity contribution is -0.137. The largest absolute Gasteiger partial charge is 0.417 e. The van der Waals surface area contributed by atoms with Gasteiger partial charge in [0.1, 0.15) is 0 Å². The third-order valence-corrected chi connectivity index (χ3v) is 8.01. The molecule has 2 aromatic rings. The maximum Gasteiger partial charge on any atom is 0.417 e. The van der Waals surface area contributed by atoms with Crippen LogP contribution >= 0.6 is 11.6 Å². The summed E-state index contributed by atoms with van der Waals surface area (Å²) in [5, 5.41) is -0.377. The first-order valence-electron chi connectivity index (χ1n) is 10.7. The molecule has 0 aliphatic carbocycles. The zero-order valence-electron chi connectivity index (χ0n) is 18.1. The number of sulfonamides is 1. The Morgan fingerprint density at radius 1 is 1.00 bits per heavy atom. The molecule has 1 fully saturated rings. The van der Waals surface area contributed by atoms with E-state index in [1.54, 1.807) is 41.3 Å². The number of ketones is 1. The normalized spacial score (nSPS) is 17.2. The molecular weight excluding hydrogens is 489 g/mol. The second-order valence-electron chi connectivity index (χ2n) is 8.17. The molecule has 0 radical (unpaired) electrons. The molecule has 2 aromatic carbocycles. The van der Waals surface area contributed by atoms with E-state index in [0.717, 1.165) is 18.9 Å². The Bertz CT molecular complexity index is 1250. The van der Waals surface area contributed by atoms with Crippen LogP contribution in [0.4, 0.5) is 13.2 Å². The van der Waals surface area contributed by atoms with E-state index in [2.05, 4.69) is 0 Å². The van der Waals surface area contributed by atoms with Crippen molar-refractivity contribution in [2.24, 2.45) is 0 Å². The number of rotatable bonds is 6. The van der Waals surface area contributed by atoms with Crippen LogP contribution in [0.1, 0.15) is 28.8 Å². The fraction of sp³-hybridized carbons (Fsp3) is 0.292. The molecule has 2 aliphatic rings. The highest BCUT2D eigenvalue weighted by atomic mass is 35.5. The summed E-state index contributed by atoms with van der Waals surface area (Å²) < 4.78 is 66.4. The number of benzene rings is 2. The van der Waals surface area contributed by atoms with Gasteiger partial charge in [-0.3, -0.25) is 4.79 Å². The molecule has 0 unspecified atom stereocenters. The molecule has 0 spiro atoms. The van der Waals surface area contributed by atoms with Crippen LogP contribution in [0.2, 0.25) is 5.02 Å². The molecule has 2 heterocycles. The maximum atomic E-state index is 13.1. The molecule has 34 heavy (non-hydrogen) atoms. The third kappa shape index (κ3) is 5.21. The Labute approximate surface area is 201 Å². The van der Waals surface area contributed by atoms with Crippen LogP contribution in [-0.4, -0.2) is 49.6 Å². The van der Waals surface area contributed by atoms with Crippen LogP contribution in [0.3, 0.4) is 0 Å². The number of nitrogens with zero attached hydrogens (tertiary/aromatic N) is 2. The zero-order chi connectivity index (χ0) is 24.5. The standard InChI is InChI=1S/C24H22ClF3N2O3S/c25-22-10-9-19(14-21(22)24(26,27)28)17-5-7-18(8-6-17)23(31)16-29-11-3-4-20(15-29)34(32,33)30-12-1-2-13-30/h3-10,14-15H,1-2,11-13,16H2. The monoisotopic (exact) mass is 510 g/mol. The summed E-state index contributed by atoms with van der Waals surface area (Å²) in [6.45, 7) is 1.36. The van der Waals surface area contributed by atoms with Crippen molar-refractivity contribution in [2.45, 2.75) is 19.0 Å². The number of carbonyl (C=O) groups excluding carboxylic acids is 1. The first-order valence-corrected chi connectivity index (χ1v) is 12.5. The highest BCUT2D eigenvalue weighted by Crippen LogP contribution is 2.37. The van der Waals surface area contributed by atoms with E-state index in [1.807, 2.05) is 0 Å². The summed E-state index contributed by atoms with van der Waals surface area (Å²) in [6.07, 6.45) is 1.86. The van der Waals surface area contributed by atoms with Crippen LogP contribution in [0.25, 0.3) is 11.1 Å². The van der Waals surface area contributed by atoms with Crippen molar-refractivity contribution in [2.75, 3.05) is 26.2 Å². The van der Waals surface area contributed by atoms with Crippen molar-refractivity contribution in [1.29, 1.82) is 0 Å². The number of allylic oxidation sites excluding steroid dienone is 1. The van der Waals surface area contributed by atoms with Gasteiger partial charge < -0.3 is 4.90 Å². The molecule has 5 nitrogen and oxygen atoms in total. The van der Waals surface area contributed by atoms with Crippen molar-refractivity contribution in [3.05, 3.63) is 81.9 Å². The molecular formula is C24H22ClF3N2O3S. The summed E-state index contributed by atoms with van der Waals surface area (Å²) in [7, 11) is -3.58. The molecule has 0 aromatic heterocycles. The fourth-order valence-electron chi connectivity index (χ4n) is 3.97. The summed E-state index contributed by atoms with van der Waals surface area (Å²) in [5.41, 5.74) is 0.298. The van der Waals surface area contributed by atoms with Gasteiger partial charge in [0.2, 0.25) is 10.0 Å². The van der Waals surface area contributed by atoms with Crippen molar-refractivity contribution in [1.82, 2.24) is 9.21 Å². The lowest BCUT2D eigenvalue weighted by Gasteiger charge is -2.24. The van der Waals surface area contributed by atoms with Gasteiger partial charge in [-0.15, -0.1) is 0 Å². The van der Waals surface area contributed by atoms with E-state index >= 15 is 0 Å². The average molecular weight is 511 g/mol. The molecule has 0 amide bonds. The molecule has 0 atom stereocenters. The van der Waals surface area contributed by atoms with Crippen LogP contribution in [0.5, 0.6) is 0 Å². The second kappa shape index (κ2) is 9.56. The Morgan fingerprint density at radius 2 is 1.65 bits per heavy atom. The number of hydrogen-bond acceptors (Lipinski definition) is 4. The van der Waals surface area contributed by atoms with Gasteiger partial charge in [-0.2, -0.15) is 17.5 Å². The van der Waals surface area contributed by atoms with E-state index in [9.17, 15) is 26.4 Å². The van der Waals surface area contributed by atoms with E-state index in [1.165, 1.54) is 22.6 Å². The van der Waals surface area contributed by atoms with Gasteiger partial charge in [0.25, 0.3) is 0 Å². The molecule has 1 saturated heterocycles. The van der Waals surface area contributed by atoms with Gasteiger partial charge in [0.05, 0.1) is 22.0 Å². The molecule has 10 heteroatoms. The SMILES string of the molecule is O=C(CN1C=C(S(=O)(=O)N2CCCC2)C=CC1)c1ccc(-c2ccc(Cl)c(C(F)(F)F)c2)cc1. The van der Waals surface area contributed by atoms with Gasteiger partial charge in [0, 0.05) is 31.4 Å². The van der Waals surface area contributed by atoms with E-state index in [4.69, 9.17) is 11.6 Å². The molecule has 0 N–H and O–H groups in total. The molecule has 2 aliphatic heterocycles. The minimum atomic E-state index is -4.57. The summed E-state index contributed by atoms with van der Waals surface area (Å²) in [5.74, 6) is -0.233. The first-order chi connectivity index (χ1) is 16.1. The predicted molar refractivity (Wildman–Crippen MR) is 125 cm³/mol. The van der Waals surface area contributed by atoms with E-state index < -0.39 is 21.8 Å². The second-order valence-corrected chi connectivity index (χ2v) is 10.5. The highest BCUT2D eigenvalue weighted by molar-refractivity contribution is 7.93. The Kier molecular flexibility index (Phi) is 6.89. The van der Waals surface area contributed by atoms with Gasteiger partial charge in [-0.25, -0.2) is 8.42 Å². The van der Waals surface area contributed by atoms with Crippen LogP contribution < -0.4 is 0 Å². The van der Waals surface area contributed by atoms with Gasteiger partial charge in [0.15, 0.2) is 5.78 Å². The van der Waals surface area contributed by atoms with Crippen molar-refractivity contribution in [3.8, 4) is 11.1 Å². The lowest BCUT2D eigenvalue weighted by Crippen LogP contribution is -2.33. The maximum absolute atomic E-state index is 13.1. The fourth-order valence-corrected chi connectivity index (χ4v) is 5.78. The quantitative estimate of drug-likeness (QED) is 0.492. The van der Waals surface area contributed by atoms with Gasteiger partial charge in [-0.1, -0.05) is 48.0 Å². The van der Waals surface area contributed by atoms with Crippen molar-refractivity contribution in [3.63, 3.8) is 0 Å². The number of carbonyl (C=O) groups is 1. The topological polar surface area (TPSA) is 57.7 Å². The molecule has 0 saturated carbocycles. The molecule has 180 valence electrons. The summed E-state index contributed by atoms with van der Waals surface area (Å²) in [6, 6.07) is 9.91. The smallest absolute Gasteiger partial charge is 0.365 e. The summed E-state index contributed by atoms with van der Waals surface area (Å²) >= 11 is 5.68. The molecule has 4 rings (SSSR count). The lowest BCUT2D eigenvalue weighted by atomic mass is 10.0. The number of hydrogen-bond donors (Lipinski definition) is 0. The number of halogens is 4. The van der Waals surface area contributed by atoms with E-state index in [0.29, 0.717) is 36.3 Å². The summed E-state index contributed by atoms with van der Waals surface area (Å²) in [4.78, 5) is 14.6. The average Bonchev–Trinajstić information content (AvgIpc) is 3.35. The van der Waals surface area contributed by atoms with Crippen LogP contribution in [0.15, 0.2) is 65.7 Å². The minimum absolute atomic E-state index is 0.0259. The Morgan fingerprint density at radius 3 is 2.29 bits per heavy atom. The number of alkyl halides is 3.